The molecule has 3 nitrogen and oxygen atoms in total. The predicted molar refractivity (Wildman–Crippen MR) is 79.0 cm³/mol. The molecule has 1 aliphatic rings. The van der Waals surface area contributed by atoms with Crippen molar-refractivity contribution in [1.82, 2.24) is 9.88 Å². The van der Waals surface area contributed by atoms with Gasteiger partial charge in [0, 0.05) is 31.5 Å². The summed E-state index contributed by atoms with van der Waals surface area (Å²) in [5.41, 5.74) is 0.825. The van der Waals surface area contributed by atoms with Crippen LogP contribution in [0.15, 0.2) is 42.7 Å². The molecule has 0 aliphatic heterocycles. The summed E-state index contributed by atoms with van der Waals surface area (Å²) in [5, 5.41) is 10.3. The topological polar surface area (TPSA) is 36.4 Å². The van der Waals surface area contributed by atoms with E-state index in [4.69, 9.17) is 0 Å². The van der Waals surface area contributed by atoms with E-state index < -0.39 is 17.7 Å². The molecule has 1 atom stereocenters. The fourth-order valence-corrected chi connectivity index (χ4v) is 2.65. The molecule has 0 radical (unpaired) electrons. The molecule has 0 amide bonds. The van der Waals surface area contributed by atoms with Gasteiger partial charge >= 0.3 is 0 Å². The Bertz CT molecular complexity index is 612. The second-order valence-corrected chi connectivity index (χ2v) is 5.67. The lowest BCUT2D eigenvalue weighted by molar-refractivity contribution is 0.0984. The van der Waals surface area contributed by atoms with E-state index in [1.165, 1.54) is 18.2 Å². The number of nitrogens with zero attached hydrogens (tertiary/aromatic N) is 2. The van der Waals surface area contributed by atoms with Gasteiger partial charge in [-0.2, -0.15) is 0 Å². The van der Waals surface area contributed by atoms with Gasteiger partial charge in [-0.3, -0.25) is 9.88 Å². The van der Waals surface area contributed by atoms with E-state index in [9.17, 15) is 13.9 Å². The number of halogens is 2. The molecule has 1 fully saturated rings. The minimum absolute atomic E-state index is 0.213. The van der Waals surface area contributed by atoms with Crippen LogP contribution < -0.4 is 0 Å². The first-order valence-corrected chi connectivity index (χ1v) is 7.40. The Labute approximate surface area is 128 Å². The van der Waals surface area contributed by atoms with Gasteiger partial charge in [0.1, 0.15) is 11.6 Å². The molecule has 2 aromatic rings. The zero-order valence-corrected chi connectivity index (χ0v) is 12.1. The molecule has 0 spiro atoms. The maximum atomic E-state index is 13.8. The second kappa shape index (κ2) is 6.50. The summed E-state index contributed by atoms with van der Waals surface area (Å²) in [6, 6.07) is 7.84. The summed E-state index contributed by atoms with van der Waals surface area (Å²) in [4.78, 5) is 6.05. The highest BCUT2D eigenvalue weighted by Crippen LogP contribution is 2.31. The van der Waals surface area contributed by atoms with E-state index in [1.54, 1.807) is 12.4 Å². The van der Waals surface area contributed by atoms with Crippen molar-refractivity contribution in [3.05, 3.63) is 65.5 Å². The van der Waals surface area contributed by atoms with Crippen molar-refractivity contribution in [2.75, 3.05) is 6.54 Å². The summed E-state index contributed by atoms with van der Waals surface area (Å²) in [6.07, 6.45) is 4.36. The summed E-state index contributed by atoms with van der Waals surface area (Å²) in [6.45, 7) is 0.852. The first-order chi connectivity index (χ1) is 10.6. The van der Waals surface area contributed by atoms with Crippen LogP contribution >= 0.6 is 0 Å². The van der Waals surface area contributed by atoms with E-state index in [1.807, 2.05) is 12.1 Å². The Morgan fingerprint density at radius 3 is 2.36 bits per heavy atom. The van der Waals surface area contributed by atoms with Crippen LogP contribution in [0, 0.1) is 11.6 Å². The van der Waals surface area contributed by atoms with Crippen molar-refractivity contribution < 1.29 is 13.9 Å². The van der Waals surface area contributed by atoms with Gasteiger partial charge in [-0.15, -0.1) is 0 Å². The Kier molecular flexibility index (Phi) is 4.45. The van der Waals surface area contributed by atoms with Gasteiger partial charge in [0.05, 0.1) is 11.7 Å². The molecule has 1 aromatic heterocycles. The quantitative estimate of drug-likeness (QED) is 0.891. The number of aromatic nitrogens is 1. The van der Waals surface area contributed by atoms with Crippen molar-refractivity contribution in [3.63, 3.8) is 0 Å². The minimum atomic E-state index is -1.18. The van der Waals surface area contributed by atoms with Crippen molar-refractivity contribution in [2.45, 2.75) is 31.5 Å². The average Bonchev–Trinajstić information content (AvgIpc) is 3.32. The van der Waals surface area contributed by atoms with Crippen molar-refractivity contribution in [3.8, 4) is 0 Å². The number of pyridine rings is 1. The van der Waals surface area contributed by atoms with Crippen LogP contribution in [0.25, 0.3) is 0 Å². The number of rotatable bonds is 6. The Morgan fingerprint density at radius 1 is 1.14 bits per heavy atom. The Hall–Kier alpha value is -1.85. The predicted octanol–water partition coefficient (Wildman–Crippen LogP) is 3.06. The summed E-state index contributed by atoms with van der Waals surface area (Å²) >= 11 is 0. The smallest absolute Gasteiger partial charge is 0.131 e. The van der Waals surface area contributed by atoms with E-state index in [-0.39, 0.29) is 12.1 Å². The maximum absolute atomic E-state index is 13.8. The van der Waals surface area contributed by atoms with Gasteiger partial charge in [0.25, 0.3) is 0 Å². The summed E-state index contributed by atoms with van der Waals surface area (Å²) < 4.78 is 27.5. The molecule has 3 rings (SSSR count). The fraction of sp³-hybridized carbons (Fsp3) is 0.353. The molecule has 1 saturated carbocycles. The van der Waals surface area contributed by atoms with E-state index in [0.717, 1.165) is 18.4 Å². The zero-order valence-electron chi connectivity index (χ0n) is 12.1. The normalized spacial score (nSPS) is 16.0. The largest absolute Gasteiger partial charge is 0.387 e. The average molecular weight is 304 g/mol. The van der Waals surface area contributed by atoms with Gasteiger partial charge in [0.2, 0.25) is 0 Å². The molecule has 5 heteroatoms. The van der Waals surface area contributed by atoms with Crippen LogP contribution in [0.4, 0.5) is 8.78 Å². The van der Waals surface area contributed by atoms with Gasteiger partial charge in [-0.25, -0.2) is 8.78 Å². The van der Waals surface area contributed by atoms with Gasteiger partial charge in [-0.05, 0) is 42.7 Å². The monoisotopic (exact) mass is 304 g/mol. The molecule has 1 aliphatic carbocycles. The third-order valence-electron chi connectivity index (χ3n) is 3.94. The molecule has 1 N–H and O–H groups in total. The van der Waals surface area contributed by atoms with Gasteiger partial charge < -0.3 is 5.11 Å². The van der Waals surface area contributed by atoms with Crippen LogP contribution in [0.1, 0.15) is 30.1 Å². The van der Waals surface area contributed by atoms with Crippen molar-refractivity contribution >= 4 is 0 Å². The third kappa shape index (κ3) is 3.48. The fourth-order valence-electron chi connectivity index (χ4n) is 2.65. The van der Waals surface area contributed by atoms with Crippen LogP contribution in [-0.2, 0) is 6.54 Å². The minimum Gasteiger partial charge on any atom is -0.387 e. The molecule has 22 heavy (non-hydrogen) atoms. The Morgan fingerprint density at radius 2 is 1.77 bits per heavy atom. The molecular formula is C17H18F2N2O. The molecule has 116 valence electrons. The zero-order chi connectivity index (χ0) is 15.5. The van der Waals surface area contributed by atoms with Gasteiger partial charge in [-0.1, -0.05) is 6.07 Å². The lowest BCUT2D eigenvalue weighted by Gasteiger charge is -2.25. The van der Waals surface area contributed by atoms with Crippen LogP contribution in [-0.4, -0.2) is 27.6 Å². The number of benzene rings is 1. The van der Waals surface area contributed by atoms with Crippen LogP contribution in [0.3, 0.4) is 0 Å². The summed E-state index contributed by atoms with van der Waals surface area (Å²) in [7, 11) is 0. The number of hydrogen-bond acceptors (Lipinski definition) is 3. The van der Waals surface area contributed by atoms with E-state index in [0.29, 0.717) is 12.6 Å². The van der Waals surface area contributed by atoms with Crippen LogP contribution in [0.2, 0.25) is 0 Å². The standard InChI is InChI=1S/C17H18F2N2O/c18-14-2-1-3-15(19)17(14)16(22)11-21(13-4-5-13)10-12-6-8-20-9-7-12/h1-3,6-9,13,16,22H,4-5,10-11H2. The van der Waals surface area contributed by atoms with E-state index in [2.05, 4.69) is 9.88 Å². The number of aliphatic hydroxyl groups excluding tert-OH is 1. The molecule has 0 bridgehead atoms. The lowest BCUT2D eigenvalue weighted by atomic mass is 10.1. The molecule has 1 aromatic carbocycles. The maximum Gasteiger partial charge on any atom is 0.131 e. The first-order valence-electron chi connectivity index (χ1n) is 7.40. The van der Waals surface area contributed by atoms with Gasteiger partial charge in [0.15, 0.2) is 0 Å². The molecule has 1 unspecified atom stereocenters. The summed E-state index contributed by atoms with van der Waals surface area (Å²) in [5.74, 6) is -1.40. The van der Waals surface area contributed by atoms with Crippen molar-refractivity contribution in [1.29, 1.82) is 0 Å². The van der Waals surface area contributed by atoms with Crippen molar-refractivity contribution in [2.24, 2.45) is 0 Å². The third-order valence-corrected chi connectivity index (χ3v) is 3.94. The highest BCUT2D eigenvalue weighted by atomic mass is 19.1. The second-order valence-electron chi connectivity index (χ2n) is 5.67. The van der Waals surface area contributed by atoms with E-state index >= 15 is 0 Å². The van der Waals surface area contributed by atoms with Crippen LogP contribution in [0.5, 0.6) is 0 Å². The molecule has 0 saturated heterocycles. The molecular weight excluding hydrogens is 286 g/mol. The highest BCUT2D eigenvalue weighted by Gasteiger charge is 2.31. The number of aliphatic hydroxyl groups is 1. The Balaban J connectivity index is 1.74. The highest BCUT2D eigenvalue weighted by molar-refractivity contribution is 5.22. The SMILES string of the molecule is OC(CN(Cc1ccncc1)C1CC1)c1c(F)cccc1F. The number of hydrogen-bond donors (Lipinski definition) is 1. The first kappa shape index (κ1) is 15.1. The lowest BCUT2D eigenvalue weighted by Crippen LogP contribution is -2.31. The molecule has 1 heterocycles.